The van der Waals surface area contributed by atoms with Crippen molar-refractivity contribution >= 4 is 27.1 Å². The summed E-state index contributed by atoms with van der Waals surface area (Å²) in [5, 5.41) is 0. The highest BCUT2D eigenvalue weighted by atomic mass is 31.2. The molecule has 0 bridgehead atoms. The van der Waals surface area contributed by atoms with Gasteiger partial charge in [-0.25, -0.2) is 18.7 Å². The third-order valence-corrected chi connectivity index (χ3v) is 2.90. The Labute approximate surface area is 89.6 Å². The Bertz CT molecular complexity index is 344. The van der Waals surface area contributed by atoms with Crippen molar-refractivity contribution in [2.24, 2.45) is 11.5 Å². The van der Waals surface area contributed by atoms with Crippen LogP contribution in [0.2, 0.25) is 0 Å². The van der Waals surface area contributed by atoms with Gasteiger partial charge in [-0.15, -0.1) is 0 Å². The summed E-state index contributed by atoms with van der Waals surface area (Å²) in [4.78, 5) is 39.0. The molecule has 0 aliphatic carbocycles. The van der Waals surface area contributed by atoms with Gasteiger partial charge in [0.05, 0.1) is 0 Å². The third kappa shape index (κ3) is 5.36. The van der Waals surface area contributed by atoms with Crippen molar-refractivity contribution in [2.75, 3.05) is 12.6 Å². The van der Waals surface area contributed by atoms with Gasteiger partial charge in [0, 0.05) is 0 Å². The monoisotopic (exact) mass is 276 g/mol. The van der Waals surface area contributed by atoms with Gasteiger partial charge in [-0.2, -0.15) is 0 Å². The van der Waals surface area contributed by atoms with Gasteiger partial charge in [-0.05, 0) is 0 Å². The molecule has 94 valence electrons. The van der Waals surface area contributed by atoms with Gasteiger partial charge >= 0.3 is 27.1 Å². The lowest BCUT2D eigenvalue weighted by molar-refractivity contribution is -0.156. The van der Waals surface area contributed by atoms with Crippen molar-refractivity contribution in [1.29, 1.82) is 0 Å². The molecule has 0 radical (unpaired) electrons. The number of hydrogen-bond donors (Lipinski definition) is 4. The summed E-state index contributed by atoms with van der Waals surface area (Å²) >= 11 is 0. The quantitative estimate of drug-likeness (QED) is 0.340. The molecule has 0 amide bonds. The zero-order valence-corrected chi connectivity index (χ0v) is 9.60. The summed E-state index contributed by atoms with van der Waals surface area (Å²) in [6.07, 6.45) is -1.81. The molecule has 10 nitrogen and oxygen atoms in total. The second-order valence-electron chi connectivity index (χ2n) is 2.40. The average Bonchev–Trinajstić information content (AvgIpc) is 2.16. The van der Waals surface area contributed by atoms with Crippen LogP contribution >= 0.6 is 15.2 Å². The van der Waals surface area contributed by atoms with Crippen LogP contribution in [-0.2, 0) is 27.8 Å². The fraction of sp³-hybridized carbons (Fsp3) is 0.500. The minimum absolute atomic E-state index is 0.903. The Morgan fingerprint density at radius 1 is 0.938 bits per heavy atom. The minimum atomic E-state index is -4.43. The lowest BCUT2D eigenvalue weighted by Gasteiger charge is -2.11. The Kier molecular flexibility index (Phi) is 5.27. The Balaban J connectivity index is 4.49. The predicted octanol–water partition coefficient (Wildman–Crippen LogP) is -1.72. The van der Waals surface area contributed by atoms with Crippen LogP contribution in [0.25, 0.3) is 0 Å². The van der Waals surface area contributed by atoms with Crippen LogP contribution in [0, 0.1) is 0 Å². The summed E-state index contributed by atoms with van der Waals surface area (Å²) < 4.78 is 29.0. The SMILES string of the molecule is NCP(=O)(O)OC(=O)C(=O)OP(=O)(O)CN. The molecule has 0 heterocycles. The minimum Gasteiger partial charge on any atom is -0.382 e. The molecule has 2 atom stereocenters. The van der Waals surface area contributed by atoms with Crippen LogP contribution in [0.5, 0.6) is 0 Å². The highest BCUT2D eigenvalue weighted by molar-refractivity contribution is 7.54. The molecule has 0 saturated carbocycles. The standard InChI is InChI=1S/C4H10N2O8P2/c5-1-15(9,10)13-3(7)4(8)14-16(11,12)2-6/h1-2,5-6H2,(H,9,10)(H,11,12). The first-order valence-corrected chi connectivity index (χ1v) is 7.17. The molecule has 12 heteroatoms. The zero-order chi connectivity index (χ0) is 13.0. The average molecular weight is 276 g/mol. The van der Waals surface area contributed by atoms with Gasteiger partial charge in [-0.3, -0.25) is 0 Å². The molecule has 2 unspecified atom stereocenters. The topological polar surface area (TPSA) is 179 Å². The van der Waals surface area contributed by atoms with Gasteiger partial charge in [0.1, 0.15) is 12.6 Å². The van der Waals surface area contributed by atoms with Crippen LogP contribution in [0.1, 0.15) is 0 Å². The maximum atomic E-state index is 10.8. The smallest absolute Gasteiger partial charge is 0.382 e. The van der Waals surface area contributed by atoms with Crippen molar-refractivity contribution in [1.82, 2.24) is 0 Å². The van der Waals surface area contributed by atoms with E-state index in [1.54, 1.807) is 0 Å². The largest absolute Gasteiger partial charge is 0.424 e. The van der Waals surface area contributed by atoms with E-state index in [2.05, 4.69) is 9.05 Å². The van der Waals surface area contributed by atoms with Crippen molar-refractivity contribution in [2.45, 2.75) is 0 Å². The number of rotatable bonds is 4. The van der Waals surface area contributed by atoms with E-state index < -0.39 is 39.7 Å². The summed E-state index contributed by atoms with van der Waals surface area (Å²) in [6, 6.07) is 0. The maximum absolute atomic E-state index is 10.8. The van der Waals surface area contributed by atoms with E-state index in [-0.39, 0.29) is 0 Å². The number of hydrogen-bond acceptors (Lipinski definition) is 8. The first-order valence-electron chi connectivity index (χ1n) is 3.65. The van der Waals surface area contributed by atoms with E-state index in [0.717, 1.165) is 0 Å². The van der Waals surface area contributed by atoms with Gasteiger partial charge in [0.15, 0.2) is 0 Å². The van der Waals surface area contributed by atoms with Crippen molar-refractivity contribution in [3.8, 4) is 0 Å². The number of carbonyl (C=O) groups excluding carboxylic acids is 2. The van der Waals surface area contributed by atoms with Gasteiger partial charge < -0.3 is 30.3 Å². The molecule has 0 aliphatic heterocycles. The van der Waals surface area contributed by atoms with E-state index in [1.807, 2.05) is 0 Å². The van der Waals surface area contributed by atoms with E-state index >= 15 is 0 Å². The summed E-state index contributed by atoms with van der Waals surface area (Å²) in [7, 11) is -8.87. The van der Waals surface area contributed by atoms with Crippen LogP contribution in [0.4, 0.5) is 0 Å². The molecule has 0 aliphatic rings. The molecule has 0 saturated heterocycles. The molecular formula is C4H10N2O8P2. The van der Waals surface area contributed by atoms with Gasteiger partial charge in [0.25, 0.3) is 0 Å². The van der Waals surface area contributed by atoms with Crippen molar-refractivity contribution in [3.05, 3.63) is 0 Å². The fourth-order valence-electron chi connectivity index (χ4n) is 0.408. The molecule has 0 fully saturated rings. The zero-order valence-electron chi connectivity index (χ0n) is 7.81. The second kappa shape index (κ2) is 5.53. The number of nitrogens with two attached hydrogens (primary N) is 2. The molecule has 16 heavy (non-hydrogen) atoms. The first kappa shape index (κ1) is 15.2. The van der Waals surface area contributed by atoms with Gasteiger partial charge in [-0.1, -0.05) is 0 Å². The van der Waals surface area contributed by atoms with Crippen molar-refractivity contribution < 1.29 is 37.6 Å². The molecule has 6 N–H and O–H groups in total. The van der Waals surface area contributed by atoms with Crippen LogP contribution in [-0.4, -0.2) is 34.3 Å². The normalized spacial score (nSPS) is 18.0. The third-order valence-electron chi connectivity index (χ3n) is 1.08. The highest BCUT2D eigenvalue weighted by Gasteiger charge is 2.32. The van der Waals surface area contributed by atoms with Crippen LogP contribution < -0.4 is 11.5 Å². The van der Waals surface area contributed by atoms with E-state index in [0.29, 0.717) is 0 Å². The van der Waals surface area contributed by atoms with Crippen LogP contribution in [0.3, 0.4) is 0 Å². The first-order chi connectivity index (χ1) is 7.13. The van der Waals surface area contributed by atoms with E-state index in [1.165, 1.54) is 0 Å². The Morgan fingerprint density at radius 2 is 1.19 bits per heavy atom. The summed E-state index contributed by atoms with van der Waals surface area (Å²) in [5.41, 5.74) is 9.48. The number of carbonyl (C=O) groups is 2. The molecule has 0 aromatic carbocycles. The summed E-state index contributed by atoms with van der Waals surface area (Å²) in [6.45, 7) is 0. The van der Waals surface area contributed by atoms with Gasteiger partial charge in [0.2, 0.25) is 0 Å². The lowest BCUT2D eigenvalue weighted by Crippen LogP contribution is -2.21. The fourth-order valence-corrected chi connectivity index (χ4v) is 1.22. The Hall–Kier alpha value is -0.760. The Morgan fingerprint density at radius 3 is 1.38 bits per heavy atom. The second-order valence-corrected chi connectivity index (χ2v) is 6.04. The molecule has 0 rings (SSSR count). The summed E-state index contributed by atoms with van der Waals surface area (Å²) in [5.74, 6) is -3.81. The molecule has 0 aromatic rings. The molecular weight excluding hydrogens is 266 g/mol. The maximum Gasteiger partial charge on any atom is 0.424 e. The molecule has 0 aromatic heterocycles. The highest BCUT2D eigenvalue weighted by Crippen LogP contribution is 2.42. The van der Waals surface area contributed by atoms with Crippen molar-refractivity contribution in [3.63, 3.8) is 0 Å². The predicted molar refractivity (Wildman–Crippen MR) is 49.9 cm³/mol. The van der Waals surface area contributed by atoms with E-state index in [9.17, 15) is 18.7 Å². The lowest BCUT2D eigenvalue weighted by atomic mass is 10.7. The molecule has 0 spiro atoms. The van der Waals surface area contributed by atoms with Crippen LogP contribution in [0.15, 0.2) is 0 Å². The van der Waals surface area contributed by atoms with E-state index in [4.69, 9.17) is 21.3 Å².